The molecule has 0 fully saturated rings. The van der Waals surface area contributed by atoms with E-state index in [1.165, 1.54) is 6.07 Å². The first-order valence-electron chi connectivity index (χ1n) is 6.39. The molecule has 1 aromatic carbocycles. The maximum Gasteiger partial charge on any atom is 0.371 e. The number of aryl methyl sites for hydroxylation is 1. The van der Waals surface area contributed by atoms with Crippen LogP contribution >= 0.6 is 15.9 Å². The third-order valence-corrected chi connectivity index (χ3v) is 3.31. The van der Waals surface area contributed by atoms with Crippen molar-refractivity contribution in [2.75, 3.05) is 6.61 Å². The van der Waals surface area contributed by atoms with Gasteiger partial charge in [-0.3, -0.25) is 0 Å². The summed E-state index contributed by atoms with van der Waals surface area (Å²) in [7, 11) is 0. The van der Waals surface area contributed by atoms with Crippen molar-refractivity contribution in [1.82, 2.24) is 0 Å². The van der Waals surface area contributed by atoms with Gasteiger partial charge in [-0.05, 0) is 38.1 Å². The van der Waals surface area contributed by atoms with Gasteiger partial charge in [-0.1, -0.05) is 15.9 Å². The molecular formula is C15H15BrO5. The molecule has 0 unspecified atom stereocenters. The summed E-state index contributed by atoms with van der Waals surface area (Å²) >= 11 is 3.38. The van der Waals surface area contributed by atoms with Crippen molar-refractivity contribution in [2.24, 2.45) is 0 Å². The van der Waals surface area contributed by atoms with Crippen molar-refractivity contribution in [1.29, 1.82) is 0 Å². The van der Waals surface area contributed by atoms with E-state index in [1.54, 1.807) is 13.0 Å². The van der Waals surface area contributed by atoms with Gasteiger partial charge in [-0.2, -0.15) is 0 Å². The Kier molecular flexibility index (Phi) is 4.90. The van der Waals surface area contributed by atoms with Gasteiger partial charge >= 0.3 is 5.97 Å². The normalized spacial score (nSPS) is 10.4. The number of halogens is 1. The standard InChI is InChI=1S/C15H15BrO5/c1-3-19-13-7-11(16)4-5-12(13)20-8-10-6-14(15(17)18)21-9(10)2/h4-7H,3,8H2,1-2H3,(H,17,18). The Balaban J connectivity index is 2.14. The highest BCUT2D eigenvalue weighted by Gasteiger charge is 2.14. The molecule has 6 heteroatoms. The first-order valence-corrected chi connectivity index (χ1v) is 7.18. The van der Waals surface area contributed by atoms with Crippen LogP contribution in [0, 0.1) is 6.92 Å². The van der Waals surface area contributed by atoms with E-state index in [0.29, 0.717) is 29.4 Å². The molecule has 2 aromatic rings. The average molecular weight is 355 g/mol. The minimum absolute atomic E-state index is 0.0908. The Morgan fingerprint density at radius 3 is 2.67 bits per heavy atom. The summed E-state index contributed by atoms with van der Waals surface area (Å²) in [6.07, 6.45) is 0. The maximum atomic E-state index is 10.9. The van der Waals surface area contributed by atoms with Gasteiger partial charge < -0.3 is 19.0 Å². The quantitative estimate of drug-likeness (QED) is 0.847. The van der Waals surface area contributed by atoms with Gasteiger partial charge in [0.25, 0.3) is 0 Å². The van der Waals surface area contributed by atoms with Crippen LogP contribution in [0.2, 0.25) is 0 Å². The fourth-order valence-corrected chi connectivity index (χ4v) is 2.13. The van der Waals surface area contributed by atoms with E-state index in [4.69, 9.17) is 19.0 Å². The predicted octanol–water partition coefficient (Wildman–Crippen LogP) is 4.03. The summed E-state index contributed by atoms with van der Waals surface area (Å²) in [6.45, 7) is 4.34. The van der Waals surface area contributed by atoms with Crippen LogP contribution < -0.4 is 9.47 Å². The number of hydrogen-bond donors (Lipinski definition) is 1. The molecule has 0 spiro atoms. The number of carboxylic acid groups (broad SMARTS) is 1. The van der Waals surface area contributed by atoms with E-state index in [1.807, 2.05) is 19.1 Å². The summed E-state index contributed by atoms with van der Waals surface area (Å²) in [5.41, 5.74) is 0.692. The van der Waals surface area contributed by atoms with E-state index >= 15 is 0 Å². The summed E-state index contributed by atoms with van der Waals surface area (Å²) in [6, 6.07) is 6.94. The van der Waals surface area contributed by atoms with Gasteiger partial charge in [0, 0.05) is 10.0 Å². The van der Waals surface area contributed by atoms with Gasteiger partial charge in [-0.15, -0.1) is 0 Å². The molecule has 2 rings (SSSR count). The van der Waals surface area contributed by atoms with Crippen LogP contribution in [0.4, 0.5) is 0 Å². The van der Waals surface area contributed by atoms with E-state index < -0.39 is 5.97 Å². The van der Waals surface area contributed by atoms with Crippen LogP contribution in [0.3, 0.4) is 0 Å². The molecule has 0 radical (unpaired) electrons. The predicted molar refractivity (Wildman–Crippen MR) is 80.0 cm³/mol. The molecular weight excluding hydrogens is 340 g/mol. The lowest BCUT2D eigenvalue weighted by atomic mass is 10.2. The van der Waals surface area contributed by atoms with Gasteiger partial charge in [0.05, 0.1) is 6.61 Å². The van der Waals surface area contributed by atoms with Crippen LogP contribution in [-0.2, 0) is 6.61 Å². The molecule has 0 saturated heterocycles. The number of benzene rings is 1. The van der Waals surface area contributed by atoms with Gasteiger partial charge in [0.2, 0.25) is 5.76 Å². The average Bonchev–Trinajstić information content (AvgIpc) is 2.80. The molecule has 0 aliphatic heterocycles. The fourth-order valence-electron chi connectivity index (χ4n) is 1.79. The van der Waals surface area contributed by atoms with Crippen molar-refractivity contribution < 1.29 is 23.8 Å². The molecule has 1 N–H and O–H groups in total. The van der Waals surface area contributed by atoms with Crippen molar-refractivity contribution >= 4 is 21.9 Å². The Labute approximate surface area is 130 Å². The van der Waals surface area contributed by atoms with E-state index in [2.05, 4.69) is 15.9 Å². The largest absolute Gasteiger partial charge is 0.490 e. The monoisotopic (exact) mass is 354 g/mol. The summed E-state index contributed by atoms with van der Waals surface area (Å²) in [5.74, 6) is 0.571. The Hall–Kier alpha value is -1.95. The molecule has 112 valence electrons. The second-order valence-electron chi connectivity index (χ2n) is 4.31. The zero-order chi connectivity index (χ0) is 15.4. The second kappa shape index (κ2) is 6.67. The first kappa shape index (κ1) is 15.4. The van der Waals surface area contributed by atoms with Crippen LogP contribution in [0.1, 0.15) is 28.8 Å². The number of rotatable bonds is 6. The highest BCUT2D eigenvalue weighted by Crippen LogP contribution is 2.31. The Morgan fingerprint density at radius 1 is 1.29 bits per heavy atom. The number of ether oxygens (including phenoxy) is 2. The molecule has 0 aliphatic rings. The molecule has 0 amide bonds. The number of aromatic carboxylic acids is 1. The topological polar surface area (TPSA) is 68.9 Å². The lowest BCUT2D eigenvalue weighted by molar-refractivity contribution is 0.0661. The molecule has 5 nitrogen and oxygen atoms in total. The maximum absolute atomic E-state index is 10.9. The van der Waals surface area contributed by atoms with Crippen LogP contribution in [-0.4, -0.2) is 17.7 Å². The number of hydrogen-bond acceptors (Lipinski definition) is 4. The SMILES string of the molecule is CCOc1cc(Br)ccc1OCc1cc(C(=O)O)oc1C. The van der Waals surface area contributed by atoms with Crippen molar-refractivity contribution in [2.45, 2.75) is 20.5 Å². The molecule has 1 heterocycles. The lowest BCUT2D eigenvalue weighted by Crippen LogP contribution is -2.00. The Morgan fingerprint density at radius 2 is 2.05 bits per heavy atom. The third-order valence-electron chi connectivity index (χ3n) is 2.82. The molecule has 0 aliphatic carbocycles. The summed E-state index contributed by atoms with van der Waals surface area (Å²) in [5, 5.41) is 8.89. The molecule has 0 bridgehead atoms. The Bertz CT molecular complexity index is 648. The first-order chi connectivity index (χ1) is 10.0. The van der Waals surface area contributed by atoms with E-state index in [9.17, 15) is 4.79 Å². The van der Waals surface area contributed by atoms with Crippen molar-refractivity contribution in [3.63, 3.8) is 0 Å². The summed E-state index contributed by atoms with van der Waals surface area (Å²) < 4.78 is 17.3. The number of carbonyl (C=O) groups is 1. The number of carboxylic acids is 1. The van der Waals surface area contributed by atoms with Crippen LogP contribution in [0.5, 0.6) is 11.5 Å². The van der Waals surface area contributed by atoms with Crippen LogP contribution in [0.25, 0.3) is 0 Å². The summed E-state index contributed by atoms with van der Waals surface area (Å²) in [4.78, 5) is 10.9. The highest BCUT2D eigenvalue weighted by atomic mass is 79.9. The van der Waals surface area contributed by atoms with Crippen LogP contribution in [0.15, 0.2) is 33.2 Å². The van der Waals surface area contributed by atoms with Gasteiger partial charge in [-0.25, -0.2) is 4.79 Å². The third kappa shape index (κ3) is 3.78. The minimum atomic E-state index is -1.09. The van der Waals surface area contributed by atoms with Crippen molar-refractivity contribution in [3.8, 4) is 11.5 Å². The molecule has 1 aromatic heterocycles. The van der Waals surface area contributed by atoms with E-state index in [0.717, 1.165) is 4.47 Å². The lowest BCUT2D eigenvalue weighted by Gasteiger charge is -2.11. The highest BCUT2D eigenvalue weighted by molar-refractivity contribution is 9.10. The second-order valence-corrected chi connectivity index (χ2v) is 5.23. The van der Waals surface area contributed by atoms with E-state index in [-0.39, 0.29) is 12.4 Å². The molecule has 21 heavy (non-hydrogen) atoms. The number of furan rings is 1. The van der Waals surface area contributed by atoms with Crippen molar-refractivity contribution in [3.05, 3.63) is 45.8 Å². The van der Waals surface area contributed by atoms with Gasteiger partial charge in [0.1, 0.15) is 12.4 Å². The molecule has 0 saturated carbocycles. The smallest absolute Gasteiger partial charge is 0.371 e. The zero-order valence-corrected chi connectivity index (χ0v) is 13.3. The fraction of sp³-hybridized carbons (Fsp3) is 0.267. The van der Waals surface area contributed by atoms with Gasteiger partial charge in [0.15, 0.2) is 11.5 Å². The minimum Gasteiger partial charge on any atom is -0.490 e. The zero-order valence-electron chi connectivity index (χ0n) is 11.7. The molecule has 0 atom stereocenters.